The monoisotopic (exact) mass is 622 g/mol. The molecule has 0 radical (unpaired) electrons. The van der Waals surface area contributed by atoms with Crippen molar-refractivity contribution in [2.24, 2.45) is 0 Å². The Morgan fingerprint density at radius 2 is 1.22 bits per heavy atom. The number of nitriles is 1. The van der Waals surface area contributed by atoms with Crippen molar-refractivity contribution < 1.29 is 0 Å². The summed E-state index contributed by atoms with van der Waals surface area (Å²) in [5.74, 6) is 0. The Hall–Kier alpha value is -6.83. The first kappa shape index (κ1) is 27.3. The Balaban J connectivity index is 1.21. The van der Waals surface area contributed by atoms with Crippen LogP contribution in [0, 0.1) is 11.3 Å². The van der Waals surface area contributed by atoms with Crippen molar-refractivity contribution in [2.75, 3.05) is 0 Å². The predicted octanol–water partition coefficient (Wildman–Crippen LogP) is 11.4. The lowest BCUT2D eigenvalue weighted by atomic mass is 9.93. The summed E-state index contributed by atoms with van der Waals surface area (Å²) < 4.78 is 2.28. The number of fused-ring (bicyclic) bond motifs is 10. The lowest BCUT2D eigenvalue weighted by Gasteiger charge is -2.14. The van der Waals surface area contributed by atoms with Crippen molar-refractivity contribution in [3.8, 4) is 34.1 Å². The summed E-state index contributed by atoms with van der Waals surface area (Å²) in [7, 11) is 0. The molecule has 49 heavy (non-hydrogen) atoms. The highest BCUT2D eigenvalue weighted by Gasteiger charge is 2.17. The Bertz CT molecular complexity index is 3000. The normalized spacial score (nSPS) is 11.7. The summed E-state index contributed by atoms with van der Waals surface area (Å²) >= 11 is 0. The number of hydrogen-bond acceptors (Lipinski definition) is 3. The third-order valence-electron chi connectivity index (χ3n) is 9.79. The summed E-state index contributed by atoms with van der Waals surface area (Å²) in [5, 5.41) is 18.8. The average molecular weight is 623 g/mol. The SMILES string of the molecule is N#Cc1ccc2c(c1)c1cc(-c3cccc(-c4nc5ccccc5c5c4ccc4ncc6ccccc6c45)c3)ccc1n2-c1ccccc1. The maximum Gasteiger partial charge on any atom is 0.0991 e. The topological polar surface area (TPSA) is 54.5 Å². The molecule has 10 aromatic rings. The summed E-state index contributed by atoms with van der Waals surface area (Å²) in [6, 6.07) is 55.2. The van der Waals surface area contributed by atoms with E-state index in [0.29, 0.717) is 5.56 Å². The van der Waals surface area contributed by atoms with Gasteiger partial charge in [0.15, 0.2) is 0 Å². The van der Waals surface area contributed by atoms with E-state index in [4.69, 9.17) is 9.97 Å². The van der Waals surface area contributed by atoms with Crippen molar-refractivity contribution in [2.45, 2.75) is 0 Å². The molecule has 10 rings (SSSR count). The van der Waals surface area contributed by atoms with Gasteiger partial charge >= 0.3 is 0 Å². The van der Waals surface area contributed by atoms with Crippen LogP contribution in [-0.4, -0.2) is 14.5 Å². The quantitative estimate of drug-likeness (QED) is 0.184. The van der Waals surface area contributed by atoms with Crippen LogP contribution in [0.1, 0.15) is 5.56 Å². The predicted molar refractivity (Wildman–Crippen MR) is 202 cm³/mol. The Morgan fingerprint density at radius 3 is 2.10 bits per heavy atom. The number of pyridine rings is 2. The van der Waals surface area contributed by atoms with Gasteiger partial charge in [-0.25, -0.2) is 4.98 Å². The first-order chi connectivity index (χ1) is 24.2. The van der Waals surface area contributed by atoms with Gasteiger partial charge in [-0.2, -0.15) is 5.26 Å². The Morgan fingerprint density at radius 1 is 0.490 bits per heavy atom. The van der Waals surface area contributed by atoms with Gasteiger partial charge < -0.3 is 4.57 Å². The molecule has 0 aliphatic rings. The maximum absolute atomic E-state index is 9.75. The van der Waals surface area contributed by atoms with Crippen LogP contribution in [0.15, 0.2) is 158 Å². The standard InChI is InChI=1S/C45H26N4/c46-26-28-17-21-41-37(23-28)38-25-30(18-22-42(38)49(41)33-12-2-1-3-13-33)29-10-8-11-31(24-29)45-36-19-20-40-44(34-14-5-4-9-32(34)27-47-40)43(36)35-15-6-7-16-39(35)48-45/h1-25,27H. The highest BCUT2D eigenvalue weighted by Crippen LogP contribution is 2.41. The molecule has 0 fully saturated rings. The van der Waals surface area contributed by atoms with Gasteiger partial charge in [0.25, 0.3) is 0 Å². The minimum atomic E-state index is 0.650. The first-order valence-electron chi connectivity index (χ1n) is 16.4. The lowest BCUT2D eigenvalue weighted by Crippen LogP contribution is -1.93. The van der Waals surface area contributed by atoms with Crippen molar-refractivity contribution in [1.29, 1.82) is 5.26 Å². The van der Waals surface area contributed by atoms with E-state index in [9.17, 15) is 5.26 Å². The van der Waals surface area contributed by atoms with Crippen LogP contribution in [-0.2, 0) is 0 Å². The van der Waals surface area contributed by atoms with E-state index in [-0.39, 0.29) is 0 Å². The van der Waals surface area contributed by atoms with Gasteiger partial charge in [0, 0.05) is 55.2 Å². The molecule has 0 aliphatic carbocycles. The van der Waals surface area contributed by atoms with E-state index >= 15 is 0 Å². The van der Waals surface area contributed by atoms with Gasteiger partial charge in [-0.05, 0) is 83.2 Å². The summed E-state index contributed by atoms with van der Waals surface area (Å²) in [6.07, 6.45) is 1.96. The average Bonchev–Trinajstić information content (AvgIpc) is 3.50. The Labute approximate surface area is 281 Å². The maximum atomic E-state index is 9.75. The fraction of sp³-hybridized carbons (Fsp3) is 0. The number of hydrogen-bond donors (Lipinski definition) is 0. The highest BCUT2D eigenvalue weighted by molar-refractivity contribution is 6.28. The molecule has 3 aromatic heterocycles. The number of para-hydroxylation sites is 2. The molecular weight excluding hydrogens is 597 g/mol. The van der Waals surface area contributed by atoms with Crippen molar-refractivity contribution in [1.82, 2.24) is 14.5 Å². The third kappa shape index (κ3) is 4.16. The molecule has 3 heterocycles. The van der Waals surface area contributed by atoms with Crippen LogP contribution < -0.4 is 0 Å². The Kier molecular flexibility index (Phi) is 5.90. The summed E-state index contributed by atoms with van der Waals surface area (Å²) in [6.45, 7) is 0. The first-order valence-corrected chi connectivity index (χ1v) is 16.4. The third-order valence-corrected chi connectivity index (χ3v) is 9.79. The number of aromatic nitrogens is 3. The molecule has 4 heteroatoms. The molecule has 0 atom stereocenters. The molecule has 0 spiro atoms. The summed E-state index contributed by atoms with van der Waals surface area (Å²) in [4.78, 5) is 10.1. The van der Waals surface area contributed by atoms with Gasteiger partial charge in [0.2, 0.25) is 0 Å². The second-order valence-corrected chi connectivity index (χ2v) is 12.5. The van der Waals surface area contributed by atoms with E-state index in [0.717, 1.165) is 82.5 Å². The molecule has 0 amide bonds. The molecule has 4 nitrogen and oxygen atoms in total. The van der Waals surface area contributed by atoms with Gasteiger partial charge in [0.05, 0.1) is 39.4 Å². The fourth-order valence-corrected chi connectivity index (χ4v) is 7.58. The van der Waals surface area contributed by atoms with Crippen LogP contribution in [0.3, 0.4) is 0 Å². The second-order valence-electron chi connectivity index (χ2n) is 12.5. The van der Waals surface area contributed by atoms with E-state index in [1.54, 1.807) is 0 Å². The highest BCUT2D eigenvalue weighted by atomic mass is 15.0. The lowest BCUT2D eigenvalue weighted by molar-refractivity contribution is 1.18. The largest absolute Gasteiger partial charge is 0.309 e. The molecule has 0 saturated heterocycles. The molecule has 7 aromatic carbocycles. The minimum absolute atomic E-state index is 0.650. The number of nitrogens with zero attached hydrogens (tertiary/aromatic N) is 4. The van der Waals surface area contributed by atoms with Crippen molar-refractivity contribution in [3.63, 3.8) is 0 Å². The van der Waals surface area contributed by atoms with Gasteiger partial charge in [-0.15, -0.1) is 0 Å². The zero-order valence-electron chi connectivity index (χ0n) is 26.3. The molecule has 0 unspecified atom stereocenters. The summed E-state index contributed by atoms with van der Waals surface area (Å²) in [5.41, 5.74) is 10.1. The van der Waals surface area contributed by atoms with Crippen molar-refractivity contribution in [3.05, 3.63) is 163 Å². The molecule has 0 saturated carbocycles. The van der Waals surface area contributed by atoms with Gasteiger partial charge in [-0.3, -0.25) is 4.98 Å². The molecule has 0 N–H and O–H groups in total. The van der Waals surface area contributed by atoms with Crippen LogP contribution >= 0.6 is 0 Å². The molecule has 226 valence electrons. The van der Waals surface area contributed by atoms with E-state index in [2.05, 4.69) is 144 Å². The number of rotatable bonds is 3. The zero-order valence-corrected chi connectivity index (χ0v) is 26.3. The van der Waals surface area contributed by atoms with Crippen molar-refractivity contribution >= 4 is 65.2 Å². The fourth-order valence-electron chi connectivity index (χ4n) is 7.58. The minimum Gasteiger partial charge on any atom is -0.309 e. The van der Waals surface area contributed by atoms with Crippen LogP contribution in [0.25, 0.3) is 93.2 Å². The van der Waals surface area contributed by atoms with Crippen LogP contribution in [0.4, 0.5) is 0 Å². The molecular formula is C45H26N4. The van der Waals surface area contributed by atoms with Crippen LogP contribution in [0.2, 0.25) is 0 Å². The van der Waals surface area contributed by atoms with E-state index in [1.807, 2.05) is 24.4 Å². The molecule has 0 bridgehead atoms. The zero-order chi connectivity index (χ0) is 32.5. The smallest absolute Gasteiger partial charge is 0.0991 e. The van der Waals surface area contributed by atoms with Gasteiger partial charge in [-0.1, -0.05) is 84.9 Å². The second kappa shape index (κ2) is 10.6. The number of benzene rings is 7. The van der Waals surface area contributed by atoms with E-state index < -0.39 is 0 Å². The molecule has 0 aliphatic heterocycles. The van der Waals surface area contributed by atoms with E-state index in [1.165, 1.54) is 10.8 Å². The van der Waals surface area contributed by atoms with Crippen LogP contribution in [0.5, 0.6) is 0 Å². The van der Waals surface area contributed by atoms with Gasteiger partial charge in [0.1, 0.15) is 0 Å².